The first-order valence-corrected chi connectivity index (χ1v) is 6.86. The minimum atomic E-state index is 0. The minimum Gasteiger partial charge on any atom is -0.210 e. The molecule has 1 heteroatoms. The Hall–Kier alpha value is -0.806. The zero-order valence-electron chi connectivity index (χ0n) is 12.9. The standard InChI is InChI=1S/2C9H13.Ni/c2*1-7(2)9-5-4-8(3)6-9;/h2*4-7H,1-3H3;/q2*-1;+2. The molecular formula is C18H26Ni. The van der Waals surface area contributed by atoms with E-state index in [1.807, 2.05) is 0 Å². The monoisotopic (exact) mass is 300 g/mol. The summed E-state index contributed by atoms with van der Waals surface area (Å²) in [5, 5.41) is 0. The van der Waals surface area contributed by atoms with Crippen LogP contribution in [0.2, 0.25) is 0 Å². The molecule has 0 atom stereocenters. The van der Waals surface area contributed by atoms with Crippen LogP contribution >= 0.6 is 0 Å². The average Bonchev–Trinajstić information content (AvgIpc) is 2.88. The quantitative estimate of drug-likeness (QED) is 0.495. The molecule has 2 aromatic carbocycles. The van der Waals surface area contributed by atoms with Crippen LogP contribution in [0.5, 0.6) is 0 Å². The third-order valence-electron chi connectivity index (χ3n) is 3.20. The average molecular weight is 301 g/mol. The summed E-state index contributed by atoms with van der Waals surface area (Å²) in [5.41, 5.74) is 5.65. The van der Waals surface area contributed by atoms with Gasteiger partial charge in [0.15, 0.2) is 0 Å². The summed E-state index contributed by atoms with van der Waals surface area (Å²) in [6.07, 6.45) is 0. The van der Waals surface area contributed by atoms with Gasteiger partial charge in [-0.15, -0.1) is 0 Å². The molecule has 0 unspecified atom stereocenters. The van der Waals surface area contributed by atoms with Gasteiger partial charge in [-0.3, -0.25) is 0 Å². The Balaban J connectivity index is 0.000000324. The second-order valence-electron chi connectivity index (χ2n) is 5.75. The van der Waals surface area contributed by atoms with E-state index in [1.165, 1.54) is 22.3 Å². The predicted octanol–water partition coefficient (Wildman–Crippen LogP) is 5.67. The van der Waals surface area contributed by atoms with Crippen LogP contribution < -0.4 is 0 Å². The molecule has 2 aromatic rings. The Kier molecular flexibility index (Phi) is 8.03. The van der Waals surface area contributed by atoms with Crippen LogP contribution in [-0.4, -0.2) is 0 Å². The van der Waals surface area contributed by atoms with Gasteiger partial charge in [-0.2, -0.15) is 46.5 Å². The first kappa shape index (κ1) is 18.2. The third kappa shape index (κ3) is 6.25. The summed E-state index contributed by atoms with van der Waals surface area (Å²) >= 11 is 0. The van der Waals surface area contributed by atoms with E-state index in [0.717, 1.165) is 0 Å². The van der Waals surface area contributed by atoms with E-state index in [4.69, 9.17) is 0 Å². The van der Waals surface area contributed by atoms with Gasteiger partial charge < -0.3 is 0 Å². The summed E-state index contributed by atoms with van der Waals surface area (Å²) in [7, 11) is 0. The molecule has 0 N–H and O–H groups in total. The Morgan fingerprint density at radius 3 is 1.16 bits per heavy atom. The summed E-state index contributed by atoms with van der Waals surface area (Å²) in [6.45, 7) is 13.1. The Morgan fingerprint density at radius 2 is 1.05 bits per heavy atom. The van der Waals surface area contributed by atoms with E-state index in [-0.39, 0.29) is 16.5 Å². The van der Waals surface area contributed by atoms with Gasteiger partial charge in [-0.25, -0.2) is 12.1 Å². The van der Waals surface area contributed by atoms with Crippen molar-refractivity contribution in [1.29, 1.82) is 0 Å². The molecule has 0 saturated heterocycles. The van der Waals surface area contributed by atoms with Crippen LogP contribution in [0.3, 0.4) is 0 Å². The maximum atomic E-state index is 2.24. The number of hydrogen-bond acceptors (Lipinski definition) is 0. The maximum absolute atomic E-state index is 2.24. The number of aryl methyl sites for hydroxylation is 2. The molecule has 0 amide bonds. The molecule has 0 radical (unpaired) electrons. The van der Waals surface area contributed by atoms with Crippen LogP contribution in [0.4, 0.5) is 0 Å². The van der Waals surface area contributed by atoms with E-state index in [0.29, 0.717) is 11.8 Å². The largest absolute Gasteiger partial charge is 2.00 e. The van der Waals surface area contributed by atoms with E-state index in [1.54, 1.807) is 0 Å². The Labute approximate surface area is 128 Å². The van der Waals surface area contributed by atoms with Crippen molar-refractivity contribution in [1.82, 2.24) is 0 Å². The number of rotatable bonds is 2. The Bertz CT molecular complexity index is 413. The first-order chi connectivity index (χ1) is 8.40. The molecule has 2 rings (SSSR count). The molecule has 0 heterocycles. The molecule has 0 aliphatic carbocycles. The topological polar surface area (TPSA) is 0 Å². The van der Waals surface area contributed by atoms with Crippen LogP contribution in [0, 0.1) is 13.8 Å². The van der Waals surface area contributed by atoms with E-state index < -0.39 is 0 Å². The van der Waals surface area contributed by atoms with Crippen LogP contribution in [-0.2, 0) is 16.5 Å². The Morgan fingerprint density at radius 1 is 0.737 bits per heavy atom. The van der Waals surface area contributed by atoms with Crippen LogP contribution in [0.1, 0.15) is 61.8 Å². The van der Waals surface area contributed by atoms with Crippen molar-refractivity contribution in [3.63, 3.8) is 0 Å². The zero-order chi connectivity index (χ0) is 13.7. The SMILES string of the molecule is C[c-]1ccc(C(C)C)c1.C[c-]1ccc(C(C)C)c1.[Ni+2]. The van der Waals surface area contributed by atoms with Gasteiger partial charge in [-0.05, 0) is 0 Å². The third-order valence-corrected chi connectivity index (χ3v) is 3.20. The van der Waals surface area contributed by atoms with E-state index >= 15 is 0 Å². The predicted molar refractivity (Wildman–Crippen MR) is 81.7 cm³/mol. The van der Waals surface area contributed by atoms with Crippen molar-refractivity contribution >= 4 is 0 Å². The molecule has 0 aliphatic rings. The molecular weight excluding hydrogens is 275 g/mol. The van der Waals surface area contributed by atoms with Gasteiger partial charge in [0.25, 0.3) is 0 Å². The molecule has 0 nitrogen and oxygen atoms in total. The van der Waals surface area contributed by atoms with Gasteiger partial charge >= 0.3 is 16.5 Å². The van der Waals surface area contributed by atoms with Crippen molar-refractivity contribution in [2.24, 2.45) is 0 Å². The molecule has 0 spiro atoms. The molecule has 0 aliphatic heterocycles. The van der Waals surface area contributed by atoms with Crippen LogP contribution in [0.15, 0.2) is 36.4 Å². The fourth-order valence-corrected chi connectivity index (χ4v) is 1.89. The normalized spacial score (nSPS) is 10.1. The van der Waals surface area contributed by atoms with Crippen molar-refractivity contribution < 1.29 is 16.5 Å². The fourth-order valence-electron chi connectivity index (χ4n) is 1.89. The second-order valence-corrected chi connectivity index (χ2v) is 5.75. The minimum absolute atomic E-state index is 0. The van der Waals surface area contributed by atoms with Crippen molar-refractivity contribution in [2.45, 2.75) is 53.4 Å². The van der Waals surface area contributed by atoms with Gasteiger partial charge in [0.2, 0.25) is 0 Å². The molecule has 19 heavy (non-hydrogen) atoms. The first-order valence-electron chi connectivity index (χ1n) is 6.86. The molecule has 108 valence electrons. The van der Waals surface area contributed by atoms with Crippen LogP contribution in [0.25, 0.3) is 0 Å². The number of hydrogen-bond donors (Lipinski definition) is 0. The summed E-state index contributed by atoms with van der Waals surface area (Å²) in [6, 6.07) is 13.2. The molecule has 0 aromatic heterocycles. The molecule has 0 fully saturated rings. The molecule has 0 saturated carbocycles. The summed E-state index contributed by atoms with van der Waals surface area (Å²) in [4.78, 5) is 0. The van der Waals surface area contributed by atoms with E-state index in [9.17, 15) is 0 Å². The molecule has 0 bridgehead atoms. The van der Waals surface area contributed by atoms with E-state index in [2.05, 4.69) is 77.9 Å². The van der Waals surface area contributed by atoms with Crippen molar-refractivity contribution in [3.8, 4) is 0 Å². The van der Waals surface area contributed by atoms with Gasteiger partial charge in [-0.1, -0.05) is 53.4 Å². The summed E-state index contributed by atoms with van der Waals surface area (Å²) in [5.74, 6) is 1.36. The fraction of sp³-hybridized carbons (Fsp3) is 0.444. The zero-order valence-corrected chi connectivity index (χ0v) is 13.9. The van der Waals surface area contributed by atoms with Gasteiger partial charge in [0, 0.05) is 0 Å². The van der Waals surface area contributed by atoms with Crippen molar-refractivity contribution in [3.05, 3.63) is 58.7 Å². The second kappa shape index (κ2) is 8.38. The van der Waals surface area contributed by atoms with Crippen molar-refractivity contribution in [2.75, 3.05) is 0 Å². The van der Waals surface area contributed by atoms with Gasteiger partial charge in [0.1, 0.15) is 0 Å². The van der Waals surface area contributed by atoms with Gasteiger partial charge in [0.05, 0.1) is 0 Å². The maximum Gasteiger partial charge on any atom is 2.00 e. The summed E-state index contributed by atoms with van der Waals surface area (Å²) < 4.78 is 0. The smallest absolute Gasteiger partial charge is 0.210 e.